The van der Waals surface area contributed by atoms with Crippen molar-refractivity contribution in [3.8, 4) is 0 Å². The van der Waals surface area contributed by atoms with Crippen LogP contribution in [-0.4, -0.2) is 43.2 Å². The van der Waals surface area contributed by atoms with E-state index in [4.69, 9.17) is 4.74 Å². The minimum Gasteiger partial charge on any atom is -0.379 e. The summed E-state index contributed by atoms with van der Waals surface area (Å²) >= 11 is 1.76. The quantitative estimate of drug-likeness (QED) is 0.878. The number of thiophene rings is 1. The van der Waals surface area contributed by atoms with E-state index in [1.54, 1.807) is 11.3 Å². The van der Waals surface area contributed by atoms with Crippen LogP contribution >= 0.6 is 11.3 Å². The number of carbonyl (C=O) groups is 1. The van der Waals surface area contributed by atoms with E-state index in [-0.39, 0.29) is 18.0 Å². The van der Waals surface area contributed by atoms with Crippen LogP contribution in [0.2, 0.25) is 0 Å². The molecule has 1 N–H and O–H groups in total. The first kappa shape index (κ1) is 16.5. The minimum atomic E-state index is 0.105. The second-order valence-electron chi connectivity index (χ2n) is 6.06. The van der Waals surface area contributed by atoms with Gasteiger partial charge in [-0.05, 0) is 24.3 Å². The largest absolute Gasteiger partial charge is 0.379 e. The molecule has 0 spiro atoms. The summed E-state index contributed by atoms with van der Waals surface area (Å²) in [5.74, 6) is 0.535. The van der Waals surface area contributed by atoms with Crippen molar-refractivity contribution in [2.75, 3.05) is 26.3 Å². The number of hydrogen-bond acceptors (Lipinski definition) is 4. The first-order valence-corrected chi connectivity index (χ1v) is 8.60. The molecule has 1 amide bonds. The van der Waals surface area contributed by atoms with E-state index in [0.29, 0.717) is 12.3 Å². The molecule has 118 valence electrons. The number of ether oxygens (including phenoxy) is 1. The first-order chi connectivity index (χ1) is 10.1. The molecule has 5 heteroatoms. The Morgan fingerprint density at radius 3 is 2.67 bits per heavy atom. The molecule has 0 saturated carbocycles. The maximum Gasteiger partial charge on any atom is 0.220 e. The minimum absolute atomic E-state index is 0.105. The Kier molecular flexibility index (Phi) is 6.21. The SMILES string of the molecule is CC(C)CC(=O)N[C@H](C)[C@H](c1cccs1)N1CCOCC1. The highest BCUT2D eigenvalue weighted by Crippen LogP contribution is 2.29. The van der Waals surface area contributed by atoms with E-state index in [1.165, 1.54) is 4.88 Å². The molecule has 2 rings (SSSR count). The molecule has 1 aliphatic rings. The highest BCUT2D eigenvalue weighted by atomic mass is 32.1. The van der Waals surface area contributed by atoms with Gasteiger partial charge in [-0.1, -0.05) is 19.9 Å². The molecule has 0 bridgehead atoms. The predicted molar refractivity (Wildman–Crippen MR) is 86.5 cm³/mol. The van der Waals surface area contributed by atoms with Crippen LogP contribution in [0.15, 0.2) is 17.5 Å². The van der Waals surface area contributed by atoms with Crippen LogP contribution in [0.5, 0.6) is 0 Å². The van der Waals surface area contributed by atoms with Crippen molar-refractivity contribution in [2.45, 2.75) is 39.3 Å². The average molecular weight is 310 g/mol. The standard InChI is InChI=1S/C16H26N2O2S/c1-12(2)11-15(19)17-13(3)16(14-5-4-10-21-14)18-6-8-20-9-7-18/h4-5,10,12-13,16H,6-9,11H2,1-3H3,(H,17,19)/t13-,16-/m1/s1. The van der Waals surface area contributed by atoms with Gasteiger partial charge in [-0.2, -0.15) is 0 Å². The van der Waals surface area contributed by atoms with Crippen LogP contribution in [0, 0.1) is 5.92 Å². The van der Waals surface area contributed by atoms with E-state index in [1.807, 2.05) is 0 Å². The zero-order valence-corrected chi connectivity index (χ0v) is 14.0. The summed E-state index contributed by atoms with van der Waals surface area (Å²) in [6, 6.07) is 4.59. The van der Waals surface area contributed by atoms with Crippen molar-refractivity contribution < 1.29 is 9.53 Å². The molecular formula is C16H26N2O2S. The lowest BCUT2D eigenvalue weighted by Gasteiger charge is -2.37. The maximum absolute atomic E-state index is 12.1. The van der Waals surface area contributed by atoms with Gasteiger partial charge in [-0.3, -0.25) is 9.69 Å². The second-order valence-corrected chi connectivity index (χ2v) is 7.04. The van der Waals surface area contributed by atoms with Gasteiger partial charge in [0.05, 0.1) is 19.3 Å². The maximum atomic E-state index is 12.1. The zero-order valence-electron chi connectivity index (χ0n) is 13.2. The number of hydrogen-bond donors (Lipinski definition) is 1. The van der Waals surface area contributed by atoms with Crippen molar-refractivity contribution in [1.29, 1.82) is 0 Å². The van der Waals surface area contributed by atoms with Crippen LogP contribution in [0.1, 0.15) is 38.1 Å². The van der Waals surface area contributed by atoms with Crippen molar-refractivity contribution in [3.05, 3.63) is 22.4 Å². The molecule has 1 aromatic heterocycles. The van der Waals surface area contributed by atoms with Gasteiger partial charge in [0.15, 0.2) is 0 Å². The summed E-state index contributed by atoms with van der Waals surface area (Å²) < 4.78 is 5.46. The van der Waals surface area contributed by atoms with Gasteiger partial charge >= 0.3 is 0 Å². The molecule has 1 fully saturated rings. The fourth-order valence-corrected chi connectivity index (χ4v) is 3.78. The average Bonchev–Trinajstić information content (AvgIpc) is 2.92. The highest BCUT2D eigenvalue weighted by Gasteiger charge is 2.29. The molecule has 21 heavy (non-hydrogen) atoms. The second kappa shape index (κ2) is 7.92. The van der Waals surface area contributed by atoms with Crippen molar-refractivity contribution in [3.63, 3.8) is 0 Å². The van der Waals surface area contributed by atoms with Gasteiger partial charge < -0.3 is 10.1 Å². The topological polar surface area (TPSA) is 41.6 Å². The lowest BCUT2D eigenvalue weighted by molar-refractivity contribution is -0.123. The molecule has 2 atom stereocenters. The van der Waals surface area contributed by atoms with Gasteiger partial charge in [0.1, 0.15) is 0 Å². The fourth-order valence-electron chi connectivity index (χ4n) is 2.82. The number of morpholine rings is 1. The van der Waals surface area contributed by atoms with E-state index in [2.05, 4.69) is 48.5 Å². The summed E-state index contributed by atoms with van der Waals surface area (Å²) in [4.78, 5) is 15.8. The molecule has 1 aliphatic heterocycles. The molecule has 0 unspecified atom stereocenters. The van der Waals surface area contributed by atoms with Crippen LogP contribution in [0.25, 0.3) is 0 Å². The van der Waals surface area contributed by atoms with Crippen molar-refractivity contribution >= 4 is 17.2 Å². The third-order valence-electron chi connectivity index (χ3n) is 3.73. The van der Waals surface area contributed by atoms with E-state index in [9.17, 15) is 4.79 Å². The van der Waals surface area contributed by atoms with Crippen LogP contribution < -0.4 is 5.32 Å². The molecule has 2 heterocycles. The third kappa shape index (κ3) is 4.80. The van der Waals surface area contributed by atoms with Gasteiger partial charge in [-0.15, -0.1) is 11.3 Å². The van der Waals surface area contributed by atoms with Crippen LogP contribution in [0.3, 0.4) is 0 Å². The van der Waals surface area contributed by atoms with E-state index < -0.39 is 0 Å². The molecule has 0 radical (unpaired) electrons. The normalized spacial score (nSPS) is 19.4. The lowest BCUT2D eigenvalue weighted by Crippen LogP contribution is -2.48. The highest BCUT2D eigenvalue weighted by molar-refractivity contribution is 7.10. The summed E-state index contributed by atoms with van der Waals surface area (Å²) in [5.41, 5.74) is 0. The summed E-state index contributed by atoms with van der Waals surface area (Å²) in [6.45, 7) is 9.65. The third-order valence-corrected chi connectivity index (χ3v) is 4.67. The predicted octanol–water partition coefficient (Wildman–Crippen LogP) is 2.67. The molecule has 1 aromatic rings. The summed E-state index contributed by atoms with van der Waals surface area (Å²) in [5, 5.41) is 5.28. The molecular weight excluding hydrogens is 284 g/mol. The smallest absolute Gasteiger partial charge is 0.220 e. The Balaban J connectivity index is 2.05. The number of nitrogens with one attached hydrogen (secondary N) is 1. The number of rotatable bonds is 6. The Morgan fingerprint density at radius 1 is 1.38 bits per heavy atom. The Bertz CT molecular complexity index is 427. The van der Waals surface area contributed by atoms with Gasteiger partial charge in [0, 0.05) is 30.4 Å². The Morgan fingerprint density at radius 2 is 2.10 bits per heavy atom. The number of carbonyl (C=O) groups excluding carboxylic acids is 1. The Labute approximate surface area is 131 Å². The Hall–Kier alpha value is -0.910. The molecule has 4 nitrogen and oxygen atoms in total. The lowest BCUT2D eigenvalue weighted by atomic mass is 10.0. The first-order valence-electron chi connectivity index (χ1n) is 7.72. The van der Waals surface area contributed by atoms with Crippen LogP contribution in [0.4, 0.5) is 0 Å². The van der Waals surface area contributed by atoms with Gasteiger partial charge in [0.25, 0.3) is 0 Å². The molecule has 0 aromatic carbocycles. The number of nitrogens with zero attached hydrogens (tertiary/aromatic N) is 1. The van der Waals surface area contributed by atoms with Gasteiger partial charge in [0.2, 0.25) is 5.91 Å². The number of amides is 1. The van der Waals surface area contributed by atoms with E-state index >= 15 is 0 Å². The monoisotopic (exact) mass is 310 g/mol. The molecule has 1 saturated heterocycles. The summed E-state index contributed by atoms with van der Waals surface area (Å²) in [7, 11) is 0. The summed E-state index contributed by atoms with van der Waals surface area (Å²) in [6.07, 6.45) is 0.588. The fraction of sp³-hybridized carbons (Fsp3) is 0.688. The zero-order chi connectivity index (χ0) is 15.2. The van der Waals surface area contributed by atoms with Crippen molar-refractivity contribution in [2.24, 2.45) is 5.92 Å². The van der Waals surface area contributed by atoms with Gasteiger partial charge in [-0.25, -0.2) is 0 Å². The van der Waals surface area contributed by atoms with Crippen molar-refractivity contribution in [1.82, 2.24) is 10.2 Å². The van der Waals surface area contributed by atoms with Crippen LogP contribution in [-0.2, 0) is 9.53 Å². The van der Waals surface area contributed by atoms with E-state index in [0.717, 1.165) is 26.3 Å². The molecule has 0 aliphatic carbocycles.